The Morgan fingerprint density at radius 2 is 2.19 bits per heavy atom. The van der Waals surface area contributed by atoms with Crippen molar-refractivity contribution in [2.45, 2.75) is 39.2 Å². The van der Waals surface area contributed by atoms with Gasteiger partial charge in [0.15, 0.2) is 0 Å². The maximum Gasteiger partial charge on any atom is 0.0499 e. The van der Waals surface area contributed by atoms with E-state index in [1.54, 1.807) is 0 Å². The van der Waals surface area contributed by atoms with Crippen molar-refractivity contribution in [2.75, 3.05) is 13.2 Å². The molecule has 0 bridgehead atoms. The lowest BCUT2D eigenvalue weighted by molar-refractivity contribution is 0.128. The first-order chi connectivity index (χ1) is 7.76. The number of nitrogens with one attached hydrogen (secondary N) is 1. The van der Waals surface area contributed by atoms with Crippen LogP contribution in [-0.2, 0) is 6.54 Å². The van der Waals surface area contributed by atoms with Crippen LogP contribution in [0.2, 0.25) is 0 Å². The smallest absolute Gasteiger partial charge is 0.0499 e. The highest BCUT2D eigenvalue weighted by molar-refractivity contribution is 7.10. The molecule has 0 aliphatic heterocycles. The van der Waals surface area contributed by atoms with Gasteiger partial charge in [0, 0.05) is 30.0 Å². The molecule has 1 aromatic heterocycles. The molecule has 0 radical (unpaired) electrons. The highest BCUT2D eigenvalue weighted by Crippen LogP contribution is 2.36. The minimum atomic E-state index is 0.172. The molecule has 1 aromatic rings. The summed E-state index contributed by atoms with van der Waals surface area (Å²) < 4.78 is 0. The highest BCUT2D eigenvalue weighted by Gasteiger charge is 2.32. The van der Waals surface area contributed by atoms with Crippen LogP contribution in [0.25, 0.3) is 0 Å². The molecule has 2 rings (SSSR count). The van der Waals surface area contributed by atoms with Gasteiger partial charge in [-0.15, -0.1) is 11.3 Å². The van der Waals surface area contributed by atoms with Gasteiger partial charge in [-0.05, 0) is 36.8 Å². The normalized spacial score (nSPS) is 19.1. The maximum absolute atomic E-state index is 9.49. The third-order valence-corrected chi connectivity index (χ3v) is 4.78. The number of hydrogen-bond donors (Lipinski definition) is 2. The molecular formula is C13H21NOS. The van der Waals surface area contributed by atoms with E-state index in [1.165, 1.54) is 36.1 Å². The Kier molecular flexibility index (Phi) is 4.00. The van der Waals surface area contributed by atoms with Crippen LogP contribution in [0.1, 0.15) is 36.1 Å². The molecule has 2 nitrogen and oxygen atoms in total. The summed E-state index contributed by atoms with van der Waals surface area (Å²) in [6.45, 7) is 4.40. The summed E-state index contributed by atoms with van der Waals surface area (Å²) in [4.78, 5) is 1.42. The van der Waals surface area contributed by atoms with E-state index in [4.69, 9.17) is 0 Å². The van der Waals surface area contributed by atoms with Crippen molar-refractivity contribution in [3.8, 4) is 0 Å². The lowest BCUT2D eigenvalue weighted by Gasteiger charge is -2.26. The van der Waals surface area contributed by atoms with E-state index >= 15 is 0 Å². The fourth-order valence-corrected chi connectivity index (χ4v) is 3.42. The van der Waals surface area contributed by atoms with Gasteiger partial charge in [-0.1, -0.05) is 12.8 Å². The minimum absolute atomic E-state index is 0.172. The van der Waals surface area contributed by atoms with Gasteiger partial charge in [-0.3, -0.25) is 0 Å². The first-order valence-electron chi connectivity index (χ1n) is 6.10. The second-order valence-corrected chi connectivity index (χ2v) is 6.00. The van der Waals surface area contributed by atoms with Crippen LogP contribution < -0.4 is 5.32 Å². The Labute approximate surface area is 102 Å². The summed E-state index contributed by atoms with van der Waals surface area (Å²) in [5.41, 5.74) is 1.55. The Morgan fingerprint density at radius 3 is 2.75 bits per heavy atom. The molecule has 0 atom stereocenters. The van der Waals surface area contributed by atoms with Gasteiger partial charge in [-0.2, -0.15) is 0 Å². The van der Waals surface area contributed by atoms with Crippen molar-refractivity contribution < 1.29 is 5.11 Å². The van der Waals surface area contributed by atoms with Crippen molar-refractivity contribution in [1.29, 1.82) is 0 Å². The largest absolute Gasteiger partial charge is 0.396 e. The zero-order valence-corrected chi connectivity index (χ0v) is 10.8. The first kappa shape index (κ1) is 12.1. The van der Waals surface area contributed by atoms with Gasteiger partial charge in [0.25, 0.3) is 0 Å². The van der Waals surface area contributed by atoms with Crippen molar-refractivity contribution in [3.63, 3.8) is 0 Å². The van der Waals surface area contributed by atoms with E-state index in [9.17, 15) is 5.11 Å². The fraction of sp³-hybridized carbons (Fsp3) is 0.692. The molecule has 16 heavy (non-hydrogen) atoms. The second kappa shape index (κ2) is 5.30. The zero-order valence-electron chi connectivity index (χ0n) is 9.96. The molecule has 0 amide bonds. The van der Waals surface area contributed by atoms with E-state index in [0.717, 1.165) is 13.1 Å². The predicted octanol–water partition coefficient (Wildman–Crippen LogP) is 2.70. The van der Waals surface area contributed by atoms with Gasteiger partial charge in [0.1, 0.15) is 0 Å². The van der Waals surface area contributed by atoms with Gasteiger partial charge >= 0.3 is 0 Å². The molecule has 1 fully saturated rings. The van der Waals surface area contributed by atoms with Crippen molar-refractivity contribution >= 4 is 11.3 Å². The Balaban J connectivity index is 1.81. The summed E-state index contributed by atoms with van der Waals surface area (Å²) in [5.74, 6) is 0. The van der Waals surface area contributed by atoms with Crippen molar-refractivity contribution in [3.05, 3.63) is 21.9 Å². The molecule has 2 N–H and O–H groups in total. The van der Waals surface area contributed by atoms with E-state index in [-0.39, 0.29) is 5.41 Å². The van der Waals surface area contributed by atoms with Crippen LogP contribution >= 0.6 is 11.3 Å². The SMILES string of the molecule is Cc1ccsc1CNCC1(CO)CCCC1. The topological polar surface area (TPSA) is 32.3 Å². The van der Waals surface area contributed by atoms with Crippen LogP contribution in [0.15, 0.2) is 11.4 Å². The molecular weight excluding hydrogens is 218 g/mol. The zero-order chi connectivity index (χ0) is 11.4. The van der Waals surface area contributed by atoms with Crippen molar-refractivity contribution in [2.24, 2.45) is 5.41 Å². The molecule has 90 valence electrons. The van der Waals surface area contributed by atoms with Gasteiger partial charge in [-0.25, -0.2) is 0 Å². The Bertz CT molecular complexity index is 328. The monoisotopic (exact) mass is 239 g/mol. The quantitative estimate of drug-likeness (QED) is 0.828. The number of hydrogen-bond acceptors (Lipinski definition) is 3. The van der Waals surface area contributed by atoms with Crippen molar-refractivity contribution in [1.82, 2.24) is 5.32 Å². The average Bonchev–Trinajstić information content (AvgIpc) is 2.90. The molecule has 1 aliphatic rings. The molecule has 0 unspecified atom stereocenters. The summed E-state index contributed by atoms with van der Waals surface area (Å²) in [6.07, 6.45) is 4.92. The van der Waals surface area contributed by atoms with Crippen LogP contribution in [0.3, 0.4) is 0 Å². The van der Waals surface area contributed by atoms with E-state index < -0.39 is 0 Å². The third-order valence-electron chi connectivity index (χ3n) is 3.75. The van der Waals surface area contributed by atoms with Crippen LogP contribution in [-0.4, -0.2) is 18.3 Å². The van der Waals surface area contributed by atoms with Crippen LogP contribution in [0, 0.1) is 12.3 Å². The summed E-state index contributed by atoms with van der Waals surface area (Å²) in [6, 6.07) is 2.17. The molecule has 1 heterocycles. The van der Waals surface area contributed by atoms with Gasteiger partial charge in [0.05, 0.1) is 0 Å². The molecule has 0 spiro atoms. The minimum Gasteiger partial charge on any atom is -0.396 e. The van der Waals surface area contributed by atoms with Crippen LogP contribution in [0.4, 0.5) is 0 Å². The standard InChI is InChI=1S/C13H21NOS/c1-11-4-7-16-12(11)8-14-9-13(10-15)5-2-3-6-13/h4,7,14-15H,2-3,5-6,8-10H2,1H3. The van der Waals surface area contributed by atoms with Gasteiger partial charge < -0.3 is 10.4 Å². The summed E-state index contributed by atoms with van der Waals surface area (Å²) in [5, 5.41) is 15.1. The van der Waals surface area contributed by atoms with Gasteiger partial charge in [0.2, 0.25) is 0 Å². The number of aliphatic hydroxyl groups excluding tert-OH is 1. The maximum atomic E-state index is 9.49. The van der Waals surface area contributed by atoms with E-state index in [2.05, 4.69) is 23.7 Å². The summed E-state index contributed by atoms with van der Waals surface area (Å²) >= 11 is 1.81. The molecule has 0 saturated heterocycles. The Hall–Kier alpha value is -0.380. The highest BCUT2D eigenvalue weighted by atomic mass is 32.1. The fourth-order valence-electron chi connectivity index (χ4n) is 2.54. The molecule has 3 heteroatoms. The van der Waals surface area contributed by atoms with E-state index in [1.807, 2.05) is 11.3 Å². The summed E-state index contributed by atoms with van der Waals surface area (Å²) in [7, 11) is 0. The van der Waals surface area contributed by atoms with E-state index in [0.29, 0.717) is 6.61 Å². The Morgan fingerprint density at radius 1 is 1.44 bits per heavy atom. The first-order valence-corrected chi connectivity index (χ1v) is 6.98. The van der Waals surface area contributed by atoms with Crippen LogP contribution in [0.5, 0.6) is 0 Å². The molecule has 0 aromatic carbocycles. The number of thiophene rings is 1. The second-order valence-electron chi connectivity index (χ2n) is 5.00. The lowest BCUT2D eigenvalue weighted by atomic mass is 9.87. The lowest BCUT2D eigenvalue weighted by Crippen LogP contribution is -2.34. The molecule has 1 aliphatic carbocycles. The number of aliphatic hydroxyl groups is 1. The third kappa shape index (κ3) is 2.65. The predicted molar refractivity (Wildman–Crippen MR) is 68.7 cm³/mol. The number of rotatable bonds is 5. The number of aryl methyl sites for hydroxylation is 1. The average molecular weight is 239 g/mol. The molecule has 1 saturated carbocycles.